The lowest BCUT2D eigenvalue weighted by atomic mass is 10.1. The number of hydrogen-bond donors (Lipinski definition) is 1. The summed E-state index contributed by atoms with van der Waals surface area (Å²) in [6.07, 6.45) is 0.840. The van der Waals surface area contributed by atoms with Gasteiger partial charge in [0.05, 0.1) is 13.7 Å². The number of benzene rings is 1. The van der Waals surface area contributed by atoms with Gasteiger partial charge in [-0.2, -0.15) is 0 Å². The summed E-state index contributed by atoms with van der Waals surface area (Å²) in [6.45, 7) is 2.62. The molecule has 0 fully saturated rings. The Morgan fingerprint density at radius 3 is 2.75 bits per heavy atom. The van der Waals surface area contributed by atoms with E-state index in [1.165, 1.54) is 4.88 Å². The van der Waals surface area contributed by atoms with Crippen molar-refractivity contribution in [3.63, 3.8) is 0 Å². The number of thiophene rings is 1. The van der Waals surface area contributed by atoms with E-state index >= 15 is 0 Å². The fraction of sp³-hybridized carbons (Fsp3) is 0.375. The Labute approximate surface area is 124 Å². The molecule has 0 spiro atoms. The van der Waals surface area contributed by atoms with Crippen molar-refractivity contribution in [1.82, 2.24) is 0 Å². The molecule has 0 saturated heterocycles. The minimum absolute atomic E-state index is 0.0132. The Morgan fingerprint density at radius 1 is 1.25 bits per heavy atom. The van der Waals surface area contributed by atoms with Crippen LogP contribution in [0.1, 0.15) is 29.9 Å². The third-order valence-corrected chi connectivity index (χ3v) is 4.18. The second kappa shape index (κ2) is 7.43. The van der Waals surface area contributed by atoms with Gasteiger partial charge in [0.15, 0.2) is 0 Å². The van der Waals surface area contributed by atoms with E-state index in [0.717, 1.165) is 17.7 Å². The van der Waals surface area contributed by atoms with Crippen LogP contribution in [0.2, 0.25) is 0 Å². The summed E-state index contributed by atoms with van der Waals surface area (Å²) in [5.41, 5.74) is 7.28. The van der Waals surface area contributed by atoms with Crippen LogP contribution in [0, 0.1) is 0 Å². The standard InChI is InChI=1S/C16H21NO2S/c1-3-14(17)16(15-8-5-9-20-15)19-11-12-6-4-7-13(10-12)18-2/h4-10,14,16H,3,11,17H2,1-2H3. The summed E-state index contributed by atoms with van der Waals surface area (Å²) < 4.78 is 11.3. The summed E-state index contributed by atoms with van der Waals surface area (Å²) in [5.74, 6) is 0.846. The molecule has 0 saturated carbocycles. The van der Waals surface area contributed by atoms with Crippen molar-refractivity contribution in [3.05, 3.63) is 52.2 Å². The maximum Gasteiger partial charge on any atom is 0.119 e. The molecule has 3 nitrogen and oxygen atoms in total. The predicted molar refractivity (Wildman–Crippen MR) is 83.1 cm³/mol. The highest BCUT2D eigenvalue weighted by Crippen LogP contribution is 2.27. The number of hydrogen-bond acceptors (Lipinski definition) is 4. The first kappa shape index (κ1) is 15.0. The van der Waals surface area contributed by atoms with Crippen LogP contribution in [-0.2, 0) is 11.3 Å². The lowest BCUT2D eigenvalue weighted by molar-refractivity contribution is 0.0235. The smallest absolute Gasteiger partial charge is 0.119 e. The summed E-state index contributed by atoms with van der Waals surface area (Å²) in [4.78, 5) is 1.18. The molecule has 0 aliphatic rings. The topological polar surface area (TPSA) is 44.5 Å². The predicted octanol–water partition coefficient (Wildman–Crippen LogP) is 3.75. The molecule has 108 valence electrons. The third-order valence-electron chi connectivity index (χ3n) is 3.25. The van der Waals surface area contributed by atoms with Crippen LogP contribution >= 0.6 is 11.3 Å². The van der Waals surface area contributed by atoms with Crippen LogP contribution in [0.4, 0.5) is 0 Å². The Balaban J connectivity index is 2.05. The summed E-state index contributed by atoms with van der Waals surface area (Å²) >= 11 is 1.69. The van der Waals surface area contributed by atoms with E-state index in [-0.39, 0.29) is 12.1 Å². The Kier molecular flexibility index (Phi) is 5.59. The summed E-state index contributed by atoms with van der Waals surface area (Å²) in [5, 5.41) is 2.06. The van der Waals surface area contributed by atoms with Gasteiger partial charge >= 0.3 is 0 Å². The van der Waals surface area contributed by atoms with Gasteiger partial charge in [-0.15, -0.1) is 11.3 Å². The van der Waals surface area contributed by atoms with Crippen LogP contribution in [0.5, 0.6) is 5.75 Å². The molecule has 4 heteroatoms. The van der Waals surface area contributed by atoms with Crippen LogP contribution in [0.3, 0.4) is 0 Å². The zero-order valence-electron chi connectivity index (χ0n) is 11.9. The van der Waals surface area contributed by atoms with Gasteiger partial charge in [0.1, 0.15) is 11.9 Å². The molecular formula is C16H21NO2S. The zero-order chi connectivity index (χ0) is 14.4. The maximum absolute atomic E-state index is 6.19. The lowest BCUT2D eigenvalue weighted by Crippen LogP contribution is -2.29. The second-order valence-corrected chi connectivity index (χ2v) is 5.65. The molecule has 0 aliphatic carbocycles. The molecular weight excluding hydrogens is 270 g/mol. The van der Waals surface area contributed by atoms with Gasteiger partial charge in [0.25, 0.3) is 0 Å². The van der Waals surface area contributed by atoms with E-state index in [9.17, 15) is 0 Å². The minimum Gasteiger partial charge on any atom is -0.497 e. The van der Waals surface area contributed by atoms with Crippen molar-refractivity contribution in [3.8, 4) is 5.75 Å². The van der Waals surface area contributed by atoms with Crippen LogP contribution in [0.15, 0.2) is 41.8 Å². The molecule has 2 rings (SSSR count). The molecule has 1 heterocycles. The molecule has 2 unspecified atom stereocenters. The monoisotopic (exact) mass is 291 g/mol. The Hall–Kier alpha value is -1.36. The normalized spacial score (nSPS) is 13.9. The molecule has 0 radical (unpaired) electrons. The molecule has 1 aromatic carbocycles. The molecule has 0 bridgehead atoms. The highest BCUT2D eigenvalue weighted by Gasteiger charge is 2.20. The van der Waals surface area contributed by atoms with E-state index in [1.54, 1.807) is 18.4 Å². The van der Waals surface area contributed by atoms with Gasteiger partial charge in [0.2, 0.25) is 0 Å². The fourth-order valence-corrected chi connectivity index (χ4v) is 2.88. The summed E-state index contributed by atoms with van der Waals surface area (Å²) in [7, 11) is 1.67. The number of ether oxygens (including phenoxy) is 2. The first-order valence-electron chi connectivity index (χ1n) is 6.78. The fourth-order valence-electron chi connectivity index (χ4n) is 2.03. The summed E-state index contributed by atoms with van der Waals surface area (Å²) in [6, 6.07) is 12.0. The van der Waals surface area contributed by atoms with Crippen molar-refractivity contribution < 1.29 is 9.47 Å². The number of methoxy groups -OCH3 is 1. The van der Waals surface area contributed by atoms with E-state index in [4.69, 9.17) is 15.2 Å². The second-order valence-electron chi connectivity index (χ2n) is 4.67. The quantitative estimate of drug-likeness (QED) is 0.845. The van der Waals surface area contributed by atoms with Crippen molar-refractivity contribution in [2.45, 2.75) is 32.1 Å². The maximum atomic E-state index is 6.19. The third kappa shape index (κ3) is 3.82. The lowest BCUT2D eigenvalue weighted by Gasteiger charge is -2.22. The van der Waals surface area contributed by atoms with E-state index in [1.807, 2.05) is 30.3 Å². The average molecular weight is 291 g/mol. The highest BCUT2D eigenvalue weighted by atomic mass is 32.1. The van der Waals surface area contributed by atoms with Gasteiger partial charge in [-0.1, -0.05) is 25.1 Å². The first-order chi connectivity index (χ1) is 9.74. The highest BCUT2D eigenvalue weighted by molar-refractivity contribution is 7.10. The van der Waals surface area contributed by atoms with Crippen molar-refractivity contribution in [1.29, 1.82) is 0 Å². The van der Waals surface area contributed by atoms with Crippen molar-refractivity contribution >= 4 is 11.3 Å². The number of nitrogens with two attached hydrogens (primary N) is 1. The van der Waals surface area contributed by atoms with E-state index < -0.39 is 0 Å². The molecule has 2 aromatic rings. The van der Waals surface area contributed by atoms with Gasteiger partial charge in [0, 0.05) is 10.9 Å². The van der Waals surface area contributed by atoms with Gasteiger partial charge in [-0.3, -0.25) is 0 Å². The van der Waals surface area contributed by atoms with Crippen molar-refractivity contribution in [2.75, 3.05) is 7.11 Å². The van der Waals surface area contributed by atoms with Crippen LogP contribution < -0.4 is 10.5 Å². The minimum atomic E-state index is -0.0498. The van der Waals surface area contributed by atoms with E-state index in [2.05, 4.69) is 18.4 Å². The molecule has 0 aliphatic heterocycles. The van der Waals surface area contributed by atoms with E-state index in [0.29, 0.717) is 6.61 Å². The molecule has 2 atom stereocenters. The average Bonchev–Trinajstić information content (AvgIpc) is 3.01. The Morgan fingerprint density at radius 2 is 2.10 bits per heavy atom. The van der Waals surface area contributed by atoms with Gasteiger partial charge < -0.3 is 15.2 Å². The van der Waals surface area contributed by atoms with Crippen LogP contribution in [0.25, 0.3) is 0 Å². The van der Waals surface area contributed by atoms with Gasteiger partial charge in [-0.25, -0.2) is 0 Å². The molecule has 2 N–H and O–H groups in total. The molecule has 0 amide bonds. The van der Waals surface area contributed by atoms with Gasteiger partial charge in [-0.05, 0) is 35.6 Å². The molecule has 1 aromatic heterocycles. The number of rotatable bonds is 7. The molecule has 20 heavy (non-hydrogen) atoms. The van der Waals surface area contributed by atoms with Crippen LogP contribution in [-0.4, -0.2) is 13.2 Å². The Bertz CT molecular complexity index is 513. The largest absolute Gasteiger partial charge is 0.497 e. The SMILES string of the molecule is CCC(N)C(OCc1cccc(OC)c1)c1cccs1. The first-order valence-corrected chi connectivity index (χ1v) is 7.66. The van der Waals surface area contributed by atoms with Crippen molar-refractivity contribution in [2.24, 2.45) is 5.73 Å². The zero-order valence-corrected chi connectivity index (χ0v) is 12.7.